The second kappa shape index (κ2) is 21.9. The fraction of sp³-hybridized carbons (Fsp3) is 0.583. The summed E-state index contributed by atoms with van der Waals surface area (Å²) in [5.41, 5.74) is 9.16. The number of hydrogen-bond acceptors (Lipinski definition) is 8. The molecule has 23 heavy (non-hydrogen) atoms. The molecule has 0 bridgehead atoms. The molecule has 0 heterocycles. The zero-order valence-electron chi connectivity index (χ0n) is 13.4. The lowest BCUT2D eigenvalue weighted by atomic mass is 10.5. The molecule has 0 rings (SSSR count). The molecule has 0 saturated carbocycles. The molecule has 0 aliphatic rings. The van der Waals surface area contributed by atoms with Crippen LogP contribution in [-0.4, -0.2) is 77.1 Å². The van der Waals surface area contributed by atoms with Gasteiger partial charge in [-0.1, -0.05) is 0 Å². The molecule has 0 unspecified atom stereocenters. The van der Waals surface area contributed by atoms with Gasteiger partial charge in [0.15, 0.2) is 0 Å². The van der Waals surface area contributed by atoms with Crippen molar-refractivity contribution >= 4 is 30.3 Å². The highest BCUT2D eigenvalue weighted by atomic mass is 16.2. The van der Waals surface area contributed by atoms with Gasteiger partial charge in [-0.25, -0.2) is 0 Å². The van der Waals surface area contributed by atoms with Gasteiger partial charge in [0.1, 0.15) is 12.6 Å². The highest BCUT2D eigenvalue weighted by molar-refractivity contribution is 5.88. The Morgan fingerprint density at radius 2 is 1.22 bits per heavy atom. The number of rotatable bonds is 9. The predicted octanol–water partition coefficient (Wildman–Crippen LogP) is -4.53. The maximum absolute atomic E-state index is 11.1. The van der Waals surface area contributed by atoms with Gasteiger partial charge >= 0.3 is 0 Å². The Morgan fingerprint density at radius 1 is 0.826 bits per heavy atom. The van der Waals surface area contributed by atoms with E-state index in [1.165, 1.54) is 7.05 Å². The fourth-order valence-electron chi connectivity index (χ4n) is 0.861. The first kappa shape index (κ1) is 25.6. The lowest BCUT2D eigenvalue weighted by Crippen LogP contribution is -2.43. The number of amides is 3. The number of carbonyl (C=O) groups is 5. The lowest BCUT2D eigenvalue weighted by molar-refractivity contribution is -0.127. The van der Waals surface area contributed by atoms with Gasteiger partial charge in [0, 0.05) is 6.54 Å². The van der Waals surface area contributed by atoms with Crippen LogP contribution in [0.5, 0.6) is 0 Å². The molecular weight excluding hydrogens is 308 g/mol. The highest BCUT2D eigenvalue weighted by Gasteiger charge is 2.06. The summed E-state index contributed by atoms with van der Waals surface area (Å²) in [6.45, 7) is -0.253. The normalized spacial score (nSPS) is 8.17. The van der Waals surface area contributed by atoms with Crippen LogP contribution < -0.4 is 32.7 Å². The summed E-state index contributed by atoms with van der Waals surface area (Å²) in [6.07, 6.45) is 1.19. The molecule has 0 aliphatic heterocycles. The molecule has 0 spiro atoms. The molecule has 11 heteroatoms. The van der Waals surface area contributed by atoms with E-state index in [9.17, 15) is 19.2 Å². The van der Waals surface area contributed by atoms with E-state index in [1.54, 1.807) is 7.05 Å². The summed E-state index contributed by atoms with van der Waals surface area (Å²) in [5, 5.41) is 9.51. The summed E-state index contributed by atoms with van der Waals surface area (Å²) >= 11 is 0. The Labute approximate surface area is 134 Å². The first-order valence-electron chi connectivity index (χ1n) is 6.61. The van der Waals surface area contributed by atoms with Crippen LogP contribution in [0.25, 0.3) is 0 Å². The van der Waals surface area contributed by atoms with Crippen LogP contribution in [0.3, 0.4) is 0 Å². The predicted molar refractivity (Wildman–Crippen MR) is 84.2 cm³/mol. The van der Waals surface area contributed by atoms with E-state index in [0.29, 0.717) is 12.6 Å². The van der Waals surface area contributed by atoms with Crippen LogP contribution in [-0.2, 0) is 24.0 Å². The molecule has 0 aromatic carbocycles. The molecule has 0 radical (unpaired) electrons. The summed E-state index contributed by atoms with van der Waals surface area (Å²) in [4.78, 5) is 52.0. The van der Waals surface area contributed by atoms with Crippen molar-refractivity contribution in [3.8, 4) is 0 Å². The van der Waals surface area contributed by atoms with E-state index in [4.69, 9.17) is 4.79 Å². The van der Waals surface area contributed by atoms with Gasteiger partial charge in [0.25, 0.3) is 0 Å². The fourth-order valence-corrected chi connectivity index (χ4v) is 0.861. The van der Waals surface area contributed by atoms with Crippen LogP contribution in [0, 0.1) is 0 Å². The first-order chi connectivity index (χ1) is 11.0. The summed E-state index contributed by atoms with van der Waals surface area (Å²) in [7, 11) is 3.11. The minimum Gasteiger partial charge on any atom is -0.348 e. The minimum absolute atomic E-state index is 0.0897. The maximum atomic E-state index is 11.1. The Morgan fingerprint density at radius 3 is 1.57 bits per heavy atom. The van der Waals surface area contributed by atoms with E-state index in [1.807, 2.05) is 0 Å². The van der Waals surface area contributed by atoms with Crippen molar-refractivity contribution in [3.05, 3.63) is 0 Å². The number of nitrogens with two attached hydrogens (primary N) is 2. The van der Waals surface area contributed by atoms with Crippen LogP contribution in [0.4, 0.5) is 0 Å². The monoisotopic (exact) mass is 334 g/mol. The second-order valence-corrected chi connectivity index (χ2v) is 3.46. The van der Waals surface area contributed by atoms with Crippen LogP contribution in [0.2, 0.25) is 0 Å². The third-order valence-electron chi connectivity index (χ3n) is 1.71. The first-order valence-corrected chi connectivity index (χ1v) is 6.61. The van der Waals surface area contributed by atoms with Gasteiger partial charge in [0.2, 0.25) is 17.7 Å². The number of carbonyl (C=O) groups excluding carboxylic acids is 5. The molecule has 0 aromatic rings. The highest BCUT2D eigenvalue weighted by Crippen LogP contribution is 1.68. The number of nitrogens with one attached hydrogen (secondary N) is 4. The van der Waals surface area contributed by atoms with Crippen molar-refractivity contribution in [2.75, 3.05) is 46.8 Å². The Bertz CT molecular complexity index is 351. The molecule has 3 amide bonds. The lowest BCUT2D eigenvalue weighted by Gasteiger charge is -2.06. The van der Waals surface area contributed by atoms with Crippen LogP contribution in [0.1, 0.15) is 0 Å². The SMILES string of the molecule is CN.CNCC(=O)NCC(=O)NCC(=O)NCC=O.NCC=O. The van der Waals surface area contributed by atoms with Crippen molar-refractivity contribution in [2.24, 2.45) is 11.5 Å². The van der Waals surface area contributed by atoms with Crippen molar-refractivity contribution in [1.29, 1.82) is 0 Å². The van der Waals surface area contributed by atoms with Gasteiger partial charge in [0.05, 0.1) is 26.2 Å². The van der Waals surface area contributed by atoms with Crippen molar-refractivity contribution in [1.82, 2.24) is 21.3 Å². The molecule has 0 atom stereocenters. The van der Waals surface area contributed by atoms with E-state index < -0.39 is 11.8 Å². The quantitative estimate of drug-likeness (QED) is 0.228. The molecule has 11 nitrogen and oxygen atoms in total. The minimum atomic E-state index is -0.476. The smallest absolute Gasteiger partial charge is 0.239 e. The van der Waals surface area contributed by atoms with Gasteiger partial charge in [-0.05, 0) is 14.1 Å². The Hall–Kier alpha value is -2.37. The molecule has 0 fully saturated rings. The third kappa shape index (κ3) is 25.0. The second-order valence-electron chi connectivity index (χ2n) is 3.46. The van der Waals surface area contributed by atoms with Crippen molar-refractivity contribution in [2.45, 2.75) is 0 Å². The molecular formula is C12H26N6O5. The summed E-state index contributed by atoms with van der Waals surface area (Å²) in [5.74, 6) is -1.25. The molecule has 0 aliphatic carbocycles. The summed E-state index contributed by atoms with van der Waals surface area (Å²) < 4.78 is 0. The standard InChI is InChI=1S/C9H16N4O4.C2H5NO.CH5N/c1-10-4-7(15)12-6-9(17)13-5-8(16)11-2-3-14;3-1-2-4;1-2/h3,10H,2,4-6H2,1H3,(H,11,16)(H,12,15)(H,13,17);2H,1,3H2;2H2,1H3. The van der Waals surface area contributed by atoms with Gasteiger partial charge in [-0.15, -0.1) is 0 Å². The molecule has 0 saturated heterocycles. The van der Waals surface area contributed by atoms with E-state index in [0.717, 1.165) is 0 Å². The van der Waals surface area contributed by atoms with E-state index in [-0.39, 0.29) is 38.6 Å². The number of likely N-dealkylation sites (N-methyl/N-ethyl adjacent to an activating group) is 1. The van der Waals surface area contributed by atoms with Crippen LogP contribution >= 0.6 is 0 Å². The Balaban J connectivity index is -0.000000574. The Kier molecular flexibility index (Phi) is 24.4. The van der Waals surface area contributed by atoms with Gasteiger partial charge in [-0.3, -0.25) is 14.4 Å². The molecule has 0 aromatic heterocycles. The van der Waals surface area contributed by atoms with Crippen LogP contribution in [0.15, 0.2) is 0 Å². The average molecular weight is 334 g/mol. The summed E-state index contributed by atoms with van der Waals surface area (Å²) in [6, 6.07) is 0. The van der Waals surface area contributed by atoms with Gasteiger partial charge in [-0.2, -0.15) is 0 Å². The topological polar surface area (TPSA) is 186 Å². The molecule has 8 N–H and O–H groups in total. The van der Waals surface area contributed by atoms with E-state index >= 15 is 0 Å². The van der Waals surface area contributed by atoms with Crippen molar-refractivity contribution in [3.63, 3.8) is 0 Å². The zero-order valence-corrected chi connectivity index (χ0v) is 13.4. The van der Waals surface area contributed by atoms with Gasteiger partial charge < -0.3 is 42.3 Å². The van der Waals surface area contributed by atoms with Crippen molar-refractivity contribution < 1.29 is 24.0 Å². The average Bonchev–Trinajstić information content (AvgIpc) is 2.58. The number of hydrogen-bond donors (Lipinski definition) is 6. The third-order valence-corrected chi connectivity index (χ3v) is 1.71. The largest absolute Gasteiger partial charge is 0.348 e. The number of aldehydes is 2. The maximum Gasteiger partial charge on any atom is 0.239 e. The zero-order chi connectivity index (χ0) is 18.5. The van der Waals surface area contributed by atoms with E-state index in [2.05, 4.69) is 32.7 Å². The molecule has 134 valence electrons.